The van der Waals surface area contributed by atoms with Gasteiger partial charge in [-0.2, -0.15) is 5.10 Å². The van der Waals surface area contributed by atoms with Crippen LogP contribution in [0.25, 0.3) is 0 Å². The van der Waals surface area contributed by atoms with Crippen molar-refractivity contribution in [2.45, 2.75) is 19.0 Å². The van der Waals surface area contributed by atoms with E-state index in [1.807, 2.05) is 17.9 Å². The number of hydrogen-bond donors (Lipinski definition) is 1. The molecule has 4 nitrogen and oxygen atoms in total. The van der Waals surface area contributed by atoms with Gasteiger partial charge in [0.25, 0.3) is 0 Å². The molecular weight excluding hydrogens is 316 g/mol. The average molecular weight is 335 g/mol. The first-order chi connectivity index (χ1) is 9.72. The van der Waals surface area contributed by atoms with Crippen LogP contribution in [0.4, 0.5) is 5.69 Å². The lowest BCUT2D eigenvalue weighted by Crippen LogP contribution is -2.32. The second-order valence-corrected chi connectivity index (χ2v) is 6.10. The van der Waals surface area contributed by atoms with E-state index in [-0.39, 0.29) is 0 Å². The number of hydrogen-bond acceptors (Lipinski definition) is 3. The monoisotopic (exact) mass is 334 g/mol. The molecule has 0 bridgehead atoms. The molecule has 3 rings (SSSR count). The van der Waals surface area contributed by atoms with Gasteiger partial charge >= 0.3 is 0 Å². The number of aromatic nitrogens is 2. The van der Waals surface area contributed by atoms with Gasteiger partial charge < -0.3 is 10.2 Å². The van der Waals surface area contributed by atoms with Crippen LogP contribution in [0.3, 0.4) is 0 Å². The Balaban J connectivity index is 1.56. The number of rotatable bonds is 4. The smallest absolute Gasteiger partial charge is 0.0762 e. The van der Waals surface area contributed by atoms with Crippen molar-refractivity contribution >= 4 is 21.6 Å². The third kappa shape index (κ3) is 3.04. The van der Waals surface area contributed by atoms with Crippen LogP contribution in [0.1, 0.15) is 12.1 Å². The molecule has 0 saturated carbocycles. The molecule has 1 N–H and O–H groups in total. The molecule has 0 amide bonds. The molecular formula is C15H19BrN4. The first-order valence-electron chi connectivity index (χ1n) is 6.94. The molecule has 106 valence electrons. The highest BCUT2D eigenvalue weighted by atomic mass is 79.9. The van der Waals surface area contributed by atoms with Crippen LogP contribution in [0.5, 0.6) is 0 Å². The summed E-state index contributed by atoms with van der Waals surface area (Å²) >= 11 is 3.63. The van der Waals surface area contributed by atoms with Crippen LogP contribution < -0.4 is 10.2 Å². The summed E-state index contributed by atoms with van der Waals surface area (Å²) < 4.78 is 3.02. The van der Waals surface area contributed by atoms with Gasteiger partial charge in [-0.25, -0.2) is 0 Å². The van der Waals surface area contributed by atoms with Crippen LogP contribution >= 0.6 is 15.9 Å². The summed E-state index contributed by atoms with van der Waals surface area (Å²) in [4.78, 5) is 2.43. The summed E-state index contributed by atoms with van der Waals surface area (Å²) in [5.41, 5.74) is 2.39. The molecule has 1 aromatic heterocycles. The predicted octanol–water partition coefficient (Wildman–Crippen LogP) is 2.55. The van der Waals surface area contributed by atoms with Crippen molar-refractivity contribution in [3.05, 3.63) is 46.7 Å². The van der Waals surface area contributed by atoms with Gasteiger partial charge in [-0.05, 0) is 40.5 Å². The van der Waals surface area contributed by atoms with Crippen molar-refractivity contribution in [3.63, 3.8) is 0 Å². The summed E-state index contributed by atoms with van der Waals surface area (Å²) in [6.45, 7) is 2.99. The molecule has 0 radical (unpaired) electrons. The van der Waals surface area contributed by atoms with Crippen LogP contribution in [-0.2, 0) is 13.6 Å². The van der Waals surface area contributed by atoms with Gasteiger partial charge in [-0.15, -0.1) is 0 Å². The minimum atomic E-state index is 0.532. The van der Waals surface area contributed by atoms with Crippen molar-refractivity contribution in [1.29, 1.82) is 0 Å². The van der Waals surface area contributed by atoms with Crippen LogP contribution in [0, 0.1) is 0 Å². The highest BCUT2D eigenvalue weighted by molar-refractivity contribution is 9.10. The molecule has 1 aliphatic heterocycles. The third-order valence-electron chi connectivity index (χ3n) is 3.72. The zero-order chi connectivity index (χ0) is 13.9. The maximum atomic E-state index is 4.40. The van der Waals surface area contributed by atoms with Crippen molar-refractivity contribution < 1.29 is 0 Å². The summed E-state index contributed by atoms with van der Waals surface area (Å²) in [5, 5.41) is 7.99. The molecule has 2 heterocycles. The van der Waals surface area contributed by atoms with Crippen molar-refractivity contribution in [2.24, 2.45) is 7.05 Å². The normalized spacial score (nSPS) is 18.7. The van der Waals surface area contributed by atoms with E-state index in [1.165, 1.54) is 16.6 Å². The number of anilines is 1. The van der Waals surface area contributed by atoms with Gasteiger partial charge in [0, 0.05) is 43.4 Å². The zero-order valence-electron chi connectivity index (χ0n) is 11.6. The lowest BCUT2D eigenvalue weighted by atomic mass is 10.2. The number of aryl methyl sites for hydroxylation is 1. The van der Waals surface area contributed by atoms with Gasteiger partial charge in [0.2, 0.25) is 0 Å². The highest BCUT2D eigenvalue weighted by Gasteiger charge is 2.23. The zero-order valence-corrected chi connectivity index (χ0v) is 13.2. The second-order valence-electron chi connectivity index (χ2n) is 5.24. The fourth-order valence-corrected chi connectivity index (χ4v) is 3.20. The van der Waals surface area contributed by atoms with E-state index < -0.39 is 0 Å². The Morgan fingerprint density at radius 2 is 2.20 bits per heavy atom. The molecule has 5 heteroatoms. The number of halogens is 1. The van der Waals surface area contributed by atoms with Crippen LogP contribution in [-0.4, -0.2) is 28.9 Å². The minimum Gasteiger partial charge on any atom is -0.369 e. The van der Waals surface area contributed by atoms with Gasteiger partial charge in [0.15, 0.2) is 0 Å². The van der Waals surface area contributed by atoms with Crippen molar-refractivity contribution in [1.82, 2.24) is 15.1 Å². The van der Waals surface area contributed by atoms with E-state index in [1.54, 1.807) is 0 Å². The third-order valence-corrected chi connectivity index (χ3v) is 4.39. The molecule has 1 aliphatic rings. The molecule has 0 spiro atoms. The van der Waals surface area contributed by atoms with Gasteiger partial charge in [0.1, 0.15) is 0 Å². The summed E-state index contributed by atoms with van der Waals surface area (Å²) in [7, 11) is 1.95. The van der Waals surface area contributed by atoms with Crippen molar-refractivity contribution in [3.8, 4) is 0 Å². The Morgan fingerprint density at radius 1 is 1.35 bits per heavy atom. The highest BCUT2D eigenvalue weighted by Crippen LogP contribution is 2.28. The Morgan fingerprint density at radius 3 is 2.95 bits per heavy atom. The van der Waals surface area contributed by atoms with E-state index in [2.05, 4.69) is 61.6 Å². The maximum absolute atomic E-state index is 4.40. The molecule has 1 unspecified atom stereocenters. The Kier molecular flexibility index (Phi) is 4.08. The van der Waals surface area contributed by atoms with Gasteiger partial charge in [-0.1, -0.05) is 12.1 Å². The van der Waals surface area contributed by atoms with Gasteiger partial charge in [-0.3, -0.25) is 4.68 Å². The maximum Gasteiger partial charge on any atom is 0.0762 e. The summed E-state index contributed by atoms with van der Waals surface area (Å²) in [5.74, 6) is 0. The van der Waals surface area contributed by atoms with E-state index in [9.17, 15) is 0 Å². The number of benzene rings is 1. The van der Waals surface area contributed by atoms with Crippen molar-refractivity contribution in [2.75, 3.05) is 18.0 Å². The Labute approximate surface area is 127 Å². The SMILES string of the molecule is Cn1ccc(CNC2CCN(c3ccccc3Br)C2)n1. The van der Waals surface area contributed by atoms with Gasteiger partial charge in [0.05, 0.1) is 11.4 Å². The number of nitrogens with zero attached hydrogens (tertiary/aromatic N) is 3. The number of nitrogens with one attached hydrogen (secondary N) is 1. The summed E-state index contributed by atoms with van der Waals surface area (Å²) in [6, 6.07) is 11.0. The van der Waals surface area contributed by atoms with E-state index in [0.29, 0.717) is 6.04 Å². The fraction of sp³-hybridized carbons (Fsp3) is 0.400. The largest absolute Gasteiger partial charge is 0.369 e. The Bertz CT molecular complexity index is 581. The minimum absolute atomic E-state index is 0.532. The first kappa shape index (κ1) is 13.6. The quantitative estimate of drug-likeness (QED) is 0.932. The standard InChI is InChI=1S/C15H19BrN4/c1-19-8-6-12(18-19)10-17-13-7-9-20(11-13)15-5-3-2-4-14(15)16/h2-6,8,13,17H,7,9-11H2,1H3. The Hall–Kier alpha value is -1.33. The van der Waals surface area contributed by atoms with Crippen LogP contribution in [0.15, 0.2) is 41.0 Å². The molecule has 1 aromatic carbocycles. The number of para-hydroxylation sites is 1. The van der Waals surface area contributed by atoms with E-state index in [4.69, 9.17) is 0 Å². The van der Waals surface area contributed by atoms with Crippen LogP contribution in [0.2, 0.25) is 0 Å². The molecule has 20 heavy (non-hydrogen) atoms. The lowest BCUT2D eigenvalue weighted by Gasteiger charge is -2.20. The summed E-state index contributed by atoms with van der Waals surface area (Å²) in [6.07, 6.45) is 3.16. The average Bonchev–Trinajstić information content (AvgIpc) is 3.06. The van der Waals surface area contributed by atoms with E-state index >= 15 is 0 Å². The predicted molar refractivity (Wildman–Crippen MR) is 84.8 cm³/mol. The fourth-order valence-electron chi connectivity index (χ4n) is 2.66. The first-order valence-corrected chi connectivity index (χ1v) is 7.73. The second kappa shape index (κ2) is 5.97. The molecule has 0 aliphatic carbocycles. The molecule has 1 fully saturated rings. The molecule has 1 saturated heterocycles. The lowest BCUT2D eigenvalue weighted by molar-refractivity contribution is 0.541. The molecule has 1 atom stereocenters. The topological polar surface area (TPSA) is 33.1 Å². The molecule has 2 aromatic rings. The van der Waals surface area contributed by atoms with E-state index in [0.717, 1.165) is 25.3 Å².